The Kier molecular flexibility index (Phi) is 4.00. The minimum atomic E-state index is -0.393. The lowest BCUT2D eigenvalue weighted by atomic mass is 10.0. The smallest absolute Gasteiger partial charge is 0.127 e. The number of hydrogen-bond acceptors (Lipinski definition) is 1. The van der Waals surface area contributed by atoms with Gasteiger partial charge in [0.15, 0.2) is 0 Å². The summed E-state index contributed by atoms with van der Waals surface area (Å²) in [6.45, 7) is 3.48. The maximum absolute atomic E-state index is 13.5. The van der Waals surface area contributed by atoms with Gasteiger partial charge in [-0.3, -0.25) is 4.90 Å². The zero-order valence-corrected chi connectivity index (χ0v) is 10.6. The van der Waals surface area contributed by atoms with Crippen molar-refractivity contribution < 1.29 is 8.78 Å². The van der Waals surface area contributed by atoms with Crippen molar-refractivity contribution in [1.82, 2.24) is 4.90 Å². The number of alkyl halides is 1. The summed E-state index contributed by atoms with van der Waals surface area (Å²) >= 11 is 5.93. The SMILES string of the molecule is CC1CCN(Cc2cc(F)ccc2F)C1CCl. The predicted molar refractivity (Wildman–Crippen MR) is 65.1 cm³/mol. The lowest BCUT2D eigenvalue weighted by Crippen LogP contribution is -2.33. The van der Waals surface area contributed by atoms with E-state index in [9.17, 15) is 8.78 Å². The van der Waals surface area contributed by atoms with Crippen molar-refractivity contribution >= 4 is 11.6 Å². The van der Waals surface area contributed by atoms with E-state index in [1.807, 2.05) is 0 Å². The van der Waals surface area contributed by atoms with Crippen LogP contribution in [0.4, 0.5) is 8.78 Å². The molecule has 2 atom stereocenters. The van der Waals surface area contributed by atoms with Crippen molar-refractivity contribution in [3.05, 3.63) is 35.4 Å². The Hall–Kier alpha value is -0.670. The molecule has 1 nitrogen and oxygen atoms in total. The molecule has 1 saturated heterocycles. The summed E-state index contributed by atoms with van der Waals surface area (Å²) in [5, 5.41) is 0. The molecule has 0 radical (unpaired) electrons. The van der Waals surface area contributed by atoms with E-state index in [1.165, 1.54) is 12.1 Å². The molecule has 1 heterocycles. The van der Waals surface area contributed by atoms with Crippen LogP contribution in [0.3, 0.4) is 0 Å². The van der Waals surface area contributed by atoms with E-state index in [0.29, 0.717) is 23.9 Å². The second-order valence-electron chi connectivity index (χ2n) is 4.69. The highest BCUT2D eigenvalue weighted by Crippen LogP contribution is 2.27. The van der Waals surface area contributed by atoms with Crippen LogP contribution in [0.25, 0.3) is 0 Å². The lowest BCUT2D eigenvalue weighted by molar-refractivity contribution is 0.238. The molecule has 1 aliphatic rings. The van der Waals surface area contributed by atoms with Crippen LogP contribution in [0.5, 0.6) is 0 Å². The van der Waals surface area contributed by atoms with Crippen molar-refractivity contribution in [2.24, 2.45) is 5.92 Å². The minimum Gasteiger partial charge on any atom is -0.295 e. The number of halogens is 3. The molecule has 0 amide bonds. The summed E-state index contributed by atoms with van der Waals surface area (Å²) in [6.07, 6.45) is 1.06. The molecule has 1 aliphatic heterocycles. The third kappa shape index (κ3) is 2.78. The summed E-state index contributed by atoms with van der Waals surface area (Å²) in [7, 11) is 0. The van der Waals surface area contributed by atoms with Gasteiger partial charge in [0.05, 0.1) is 0 Å². The van der Waals surface area contributed by atoms with Crippen molar-refractivity contribution in [3.63, 3.8) is 0 Å². The topological polar surface area (TPSA) is 3.24 Å². The summed E-state index contributed by atoms with van der Waals surface area (Å²) in [5.74, 6) is 0.317. The van der Waals surface area contributed by atoms with Gasteiger partial charge < -0.3 is 0 Å². The molecular weight excluding hydrogens is 244 g/mol. The van der Waals surface area contributed by atoms with E-state index in [0.717, 1.165) is 19.0 Å². The molecule has 2 rings (SSSR count). The molecule has 0 bridgehead atoms. The molecule has 2 unspecified atom stereocenters. The highest BCUT2D eigenvalue weighted by atomic mass is 35.5. The fourth-order valence-corrected chi connectivity index (χ4v) is 2.92. The Labute approximate surface area is 105 Å². The molecule has 0 N–H and O–H groups in total. The number of benzene rings is 1. The van der Waals surface area contributed by atoms with Crippen molar-refractivity contribution in [2.75, 3.05) is 12.4 Å². The van der Waals surface area contributed by atoms with Gasteiger partial charge in [0.2, 0.25) is 0 Å². The van der Waals surface area contributed by atoms with Gasteiger partial charge in [-0.2, -0.15) is 0 Å². The molecule has 1 aromatic rings. The molecule has 0 aliphatic carbocycles. The number of likely N-dealkylation sites (tertiary alicyclic amines) is 1. The van der Waals surface area contributed by atoms with Gasteiger partial charge in [-0.05, 0) is 37.1 Å². The Balaban J connectivity index is 2.12. The van der Waals surface area contributed by atoms with Gasteiger partial charge >= 0.3 is 0 Å². The van der Waals surface area contributed by atoms with E-state index < -0.39 is 5.82 Å². The molecule has 0 saturated carbocycles. The Bertz CT molecular complexity index is 397. The summed E-state index contributed by atoms with van der Waals surface area (Å²) < 4.78 is 26.6. The molecule has 4 heteroatoms. The van der Waals surface area contributed by atoms with Crippen LogP contribution >= 0.6 is 11.6 Å². The molecular formula is C13H16ClF2N. The van der Waals surface area contributed by atoms with Gasteiger partial charge in [0.25, 0.3) is 0 Å². The van der Waals surface area contributed by atoms with Crippen molar-refractivity contribution in [2.45, 2.75) is 25.9 Å². The predicted octanol–water partition coefficient (Wildman–Crippen LogP) is 3.41. The standard InChI is InChI=1S/C13H16ClF2N/c1-9-4-5-17(13(9)7-14)8-10-6-11(15)2-3-12(10)16/h2-3,6,9,13H,4-5,7-8H2,1H3. The summed E-state index contributed by atoms with van der Waals surface area (Å²) in [4.78, 5) is 2.13. The number of rotatable bonds is 3. The fraction of sp³-hybridized carbons (Fsp3) is 0.538. The molecule has 0 spiro atoms. The van der Waals surface area contributed by atoms with Crippen LogP contribution in [0.15, 0.2) is 18.2 Å². The first-order valence-electron chi connectivity index (χ1n) is 5.85. The third-order valence-corrected chi connectivity index (χ3v) is 3.85. The van der Waals surface area contributed by atoms with Crippen LogP contribution in [-0.4, -0.2) is 23.4 Å². The van der Waals surface area contributed by atoms with Crippen LogP contribution in [0, 0.1) is 17.6 Å². The monoisotopic (exact) mass is 259 g/mol. The zero-order valence-electron chi connectivity index (χ0n) is 9.80. The van der Waals surface area contributed by atoms with Crippen LogP contribution in [0.2, 0.25) is 0 Å². The first kappa shape index (κ1) is 12.8. The Morgan fingerprint density at radius 3 is 2.88 bits per heavy atom. The summed E-state index contributed by atoms with van der Waals surface area (Å²) in [5.41, 5.74) is 0.411. The van der Waals surface area contributed by atoms with E-state index in [2.05, 4.69) is 11.8 Å². The normalized spacial score (nSPS) is 25.4. The summed E-state index contributed by atoms with van der Waals surface area (Å²) in [6, 6.07) is 3.85. The van der Waals surface area contributed by atoms with Gasteiger partial charge in [-0.15, -0.1) is 11.6 Å². The number of nitrogens with zero attached hydrogens (tertiary/aromatic N) is 1. The van der Waals surface area contributed by atoms with E-state index in [4.69, 9.17) is 11.6 Å². The second kappa shape index (κ2) is 5.32. The van der Waals surface area contributed by atoms with E-state index in [1.54, 1.807) is 0 Å². The maximum atomic E-state index is 13.5. The van der Waals surface area contributed by atoms with Gasteiger partial charge in [-0.25, -0.2) is 8.78 Å². The second-order valence-corrected chi connectivity index (χ2v) is 5.00. The first-order valence-corrected chi connectivity index (χ1v) is 6.39. The minimum absolute atomic E-state index is 0.263. The van der Waals surface area contributed by atoms with Gasteiger partial charge in [0.1, 0.15) is 11.6 Å². The van der Waals surface area contributed by atoms with E-state index >= 15 is 0 Å². The van der Waals surface area contributed by atoms with Gasteiger partial charge in [-0.1, -0.05) is 6.92 Å². The molecule has 1 fully saturated rings. The molecule has 0 aromatic heterocycles. The lowest BCUT2D eigenvalue weighted by Gasteiger charge is -2.25. The van der Waals surface area contributed by atoms with Crippen LogP contribution < -0.4 is 0 Å². The third-order valence-electron chi connectivity index (χ3n) is 3.54. The number of hydrogen-bond donors (Lipinski definition) is 0. The molecule has 17 heavy (non-hydrogen) atoms. The average Bonchev–Trinajstić information content (AvgIpc) is 2.64. The fourth-order valence-electron chi connectivity index (χ4n) is 2.42. The molecule has 1 aromatic carbocycles. The highest BCUT2D eigenvalue weighted by Gasteiger charge is 2.30. The Morgan fingerprint density at radius 1 is 1.41 bits per heavy atom. The zero-order chi connectivity index (χ0) is 12.4. The van der Waals surface area contributed by atoms with Crippen LogP contribution in [-0.2, 0) is 6.54 Å². The van der Waals surface area contributed by atoms with Gasteiger partial charge in [0, 0.05) is 24.0 Å². The maximum Gasteiger partial charge on any atom is 0.127 e. The average molecular weight is 260 g/mol. The van der Waals surface area contributed by atoms with Crippen molar-refractivity contribution in [3.8, 4) is 0 Å². The van der Waals surface area contributed by atoms with Crippen molar-refractivity contribution in [1.29, 1.82) is 0 Å². The quantitative estimate of drug-likeness (QED) is 0.752. The highest BCUT2D eigenvalue weighted by molar-refractivity contribution is 6.18. The Morgan fingerprint density at radius 2 is 2.18 bits per heavy atom. The first-order chi connectivity index (χ1) is 8.11. The van der Waals surface area contributed by atoms with Crippen LogP contribution in [0.1, 0.15) is 18.9 Å². The van der Waals surface area contributed by atoms with E-state index in [-0.39, 0.29) is 11.9 Å². The largest absolute Gasteiger partial charge is 0.295 e. The molecule has 94 valence electrons.